The molecule has 16 heavy (non-hydrogen) atoms. The third kappa shape index (κ3) is 2.61. The predicted molar refractivity (Wildman–Crippen MR) is 62.7 cm³/mol. The van der Waals surface area contributed by atoms with Crippen molar-refractivity contribution >= 4 is 27.8 Å². The molecule has 0 saturated carbocycles. The Bertz CT molecular complexity index is 445. The molecule has 1 N–H and O–H groups in total. The first kappa shape index (κ1) is 11.1. The van der Waals surface area contributed by atoms with Gasteiger partial charge in [0.05, 0.1) is 6.54 Å². The lowest BCUT2D eigenvalue weighted by Gasteiger charge is -2.09. The second-order valence-electron chi connectivity index (χ2n) is 3.52. The lowest BCUT2D eigenvalue weighted by Crippen LogP contribution is -2.20. The van der Waals surface area contributed by atoms with Crippen LogP contribution in [0, 0.1) is 0 Å². The number of aliphatic imine (C=N–C) groups is 1. The van der Waals surface area contributed by atoms with E-state index in [1.807, 2.05) is 24.3 Å². The topological polar surface area (TPSA) is 58.9 Å². The van der Waals surface area contributed by atoms with Crippen LogP contribution in [0.4, 0.5) is 0 Å². The summed E-state index contributed by atoms with van der Waals surface area (Å²) in [7, 11) is 0. The first-order chi connectivity index (χ1) is 7.65. The van der Waals surface area contributed by atoms with Gasteiger partial charge in [-0.2, -0.15) is 0 Å². The van der Waals surface area contributed by atoms with Crippen LogP contribution in [0.5, 0.6) is 0 Å². The van der Waals surface area contributed by atoms with E-state index in [0.29, 0.717) is 13.0 Å². The van der Waals surface area contributed by atoms with Gasteiger partial charge in [-0.3, -0.25) is 0 Å². The predicted octanol–water partition coefficient (Wildman–Crippen LogP) is 1.87. The highest BCUT2D eigenvalue weighted by Crippen LogP contribution is 2.16. The third-order valence-corrected chi connectivity index (χ3v) is 2.75. The molecule has 0 fully saturated rings. The molecule has 0 bridgehead atoms. The van der Waals surface area contributed by atoms with Crippen LogP contribution in [-0.2, 0) is 16.0 Å². The van der Waals surface area contributed by atoms with Crippen molar-refractivity contribution in [2.24, 2.45) is 4.99 Å². The van der Waals surface area contributed by atoms with E-state index >= 15 is 0 Å². The zero-order valence-electron chi connectivity index (χ0n) is 8.39. The van der Waals surface area contributed by atoms with Gasteiger partial charge in [-0.15, -0.1) is 0 Å². The van der Waals surface area contributed by atoms with E-state index in [9.17, 15) is 4.79 Å². The molecule has 0 aliphatic carbocycles. The van der Waals surface area contributed by atoms with Crippen LogP contribution >= 0.6 is 15.9 Å². The second kappa shape index (κ2) is 4.65. The Kier molecular flexibility index (Phi) is 3.24. The van der Waals surface area contributed by atoms with E-state index in [1.54, 1.807) is 0 Å². The highest BCUT2D eigenvalue weighted by Gasteiger charge is 2.24. The first-order valence-electron chi connectivity index (χ1n) is 4.84. The Hall–Kier alpha value is -1.36. The second-order valence-corrected chi connectivity index (χ2v) is 4.44. The molecule has 4 nitrogen and oxygen atoms in total. The lowest BCUT2D eigenvalue weighted by molar-refractivity contribution is -0.131. The minimum Gasteiger partial charge on any atom is -0.474 e. The van der Waals surface area contributed by atoms with Gasteiger partial charge in [0.25, 0.3) is 5.90 Å². The fourth-order valence-electron chi connectivity index (χ4n) is 1.57. The monoisotopic (exact) mass is 283 g/mol. The van der Waals surface area contributed by atoms with Crippen LogP contribution < -0.4 is 0 Å². The van der Waals surface area contributed by atoms with Gasteiger partial charge < -0.3 is 9.84 Å². The molecule has 1 aliphatic rings. The molecular weight excluding hydrogens is 274 g/mol. The first-order valence-corrected chi connectivity index (χ1v) is 5.63. The molecule has 0 saturated heterocycles. The van der Waals surface area contributed by atoms with Crippen molar-refractivity contribution in [2.45, 2.75) is 12.5 Å². The van der Waals surface area contributed by atoms with Crippen molar-refractivity contribution in [3.8, 4) is 0 Å². The maximum absolute atomic E-state index is 10.6. The van der Waals surface area contributed by atoms with E-state index < -0.39 is 5.97 Å². The summed E-state index contributed by atoms with van der Waals surface area (Å²) in [6, 6.07) is 7.85. The van der Waals surface area contributed by atoms with Crippen LogP contribution in [0.2, 0.25) is 0 Å². The number of aliphatic carboxylic acids is 1. The molecule has 0 amide bonds. The number of hydrogen-bond donors (Lipinski definition) is 1. The van der Waals surface area contributed by atoms with E-state index in [-0.39, 0.29) is 12.0 Å². The molecule has 1 atom stereocenters. The van der Waals surface area contributed by atoms with Crippen LogP contribution in [0.15, 0.2) is 33.7 Å². The number of benzene rings is 1. The summed E-state index contributed by atoms with van der Waals surface area (Å²) in [5.74, 6) is -1.28. The van der Waals surface area contributed by atoms with Crippen molar-refractivity contribution in [3.05, 3.63) is 34.3 Å². The van der Waals surface area contributed by atoms with Crippen molar-refractivity contribution < 1.29 is 14.6 Å². The summed E-state index contributed by atoms with van der Waals surface area (Å²) < 4.78 is 6.20. The standard InChI is InChI=1S/C11H10BrNO3/c12-8-3-1-2-7(4-8)5-9-6-13-10(16-9)11(14)15/h1-4,9H,5-6H2,(H,14,15). The van der Waals surface area contributed by atoms with Gasteiger partial charge in [-0.25, -0.2) is 9.79 Å². The van der Waals surface area contributed by atoms with E-state index in [0.717, 1.165) is 10.0 Å². The van der Waals surface area contributed by atoms with Crippen LogP contribution in [0.1, 0.15) is 5.56 Å². The third-order valence-electron chi connectivity index (χ3n) is 2.25. The van der Waals surface area contributed by atoms with E-state index in [2.05, 4.69) is 20.9 Å². The number of nitrogens with zero attached hydrogens (tertiary/aromatic N) is 1. The van der Waals surface area contributed by atoms with Crippen LogP contribution in [0.25, 0.3) is 0 Å². The summed E-state index contributed by atoms with van der Waals surface area (Å²) in [5.41, 5.74) is 1.10. The highest BCUT2D eigenvalue weighted by molar-refractivity contribution is 9.10. The Labute approximate surface area is 101 Å². The molecule has 0 radical (unpaired) electrons. The van der Waals surface area contributed by atoms with Crippen molar-refractivity contribution in [3.63, 3.8) is 0 Å². The maximum atomic E-state index is 10.6. The fraction of sp³-hybridized carbons (Fsp3) is 0.273. The molecular formula is C11H10BrNO3. The molecule has 1 aliphatic heterocycles. The number of carbonyl (C=O) groups is 1. The summed E-state index contributed by atoms with van der Waals surface area (Å²) in [5, 5.41) is 8.68. The Morgan fingerprint density at radius 3 is 3.06 bits per heavy atom. The normalized spacial score (nSPS) is 19.1. The largest absolute Gasteiger partial charge is 0.474 e. The van der Waals surface area contributed by atoms with Gasteiger partial charge in [0.2, 0.25) is 0 Å². The molecule has 5 heteroatoms. The molecule has 0 aromatic heterocycles. The Balaban J connectivity index is 1.96. The summed E-state index contributed by atoms with van der Waals surface area (Å²) >= 11 is 3.38. The number of ether oxygens (including phenoxy) is 1. The van der Waals surface area contributed by atoms with Gasteiger partial charge in [-0.1, -0.05) is 28.1 Å². The van der Waals surface area contributed by atoms with Gasteiger partial charge in [-0.05, 0) is 17.7 Å². The smallest absolute Gasteiger partial charge is 0.391 e. The van der Waals surface area contributed by atoms with Gasteiger partial charge in [0.1, 0.15) is 6.10 Å². The van der Waals surface area contributed by atoms with E-state index in [1.165, 1.54) is 0 Å². The number of carboxylic acids is 1. The summed E-state index contributed by atoms with van der Waals surface area (Å²) in [6.45, 7) is 0.411. The van der Waals surface area contributed by atoms with Crippen LogP contribution in [-0.4, -0.2) is 29.6 Å². The van der Waals surface area contributed by atoms with Crippen LogP contribution in [0.3, 0.4) is 0 Å². The Morgan fingerprint density at radius 1 is 1.62 bits per heavy atom. The van der Waals surface area contributed by atoms with Gasteiger partial charge >= 0.3 is 5.97 Å². The van der Waals surface area contributed by atoms with Crippen molar-refractivity contribution in [1.29, 1.82) is 0 Å². The number of carboxylic acid groups (broad SMARTS) is 1. The Morgan fingerprint density at radius 2 is 2.44 bits per heavy atom. The van der Waals surface area contributed by atoms with E-state index in [4.69, 9.17) is 9.84 Å². The zero-order chi connectivity index (χ0) is 11.5. The molecule has 2 rings (SSSR count). The summed E-state index contributed by atoms with van der Waals surface area (Å²) in [4.78, 5) is 14.4. The molecule has 0 spiro atoms. The number of hydrogen-bond acceptors (Lipinski definition) is 3. The van der Waals surface area contributed by atoms with Gasteiger partial charge in [0, 0.05) is 10.9 Å². The lowest BCUT2D eigenvalue weighted by atomic mass is 10.1. The molecule has 1 heterocycles. The summed E-state index contributed by atoms with van der Waals surface area (Å²) in [6.07, 6.45) is 0.500. The SMILES string of the molecule is O=C(O)C1=NCC(Cc2cccc(Br)c2)O1. The highest BCUT2D eigenvalue weighted by atomic mass is 79.9. The number of rotatable bonds is 3. The van der Waals surface area contributed by atoms with Crippen molar-refractivity contribution in [1.82, 2.24) is 0 Å². The average Bonchev–Trinajstić information content (AvgIpc) is 2.66. The minimum absolute atomic E-state index is 0.166. The fourth-order valence-corrected chi connectivity index (χ4v) is 2.01. The maximum Gasteiger partial charge on any atom is 0.391 e. The molecule has 84 valence electrons. The molecule has 1 aromatic rings. The minimum atomic E-state index is -1.10. The molecule has 1 unspecified atom stereocenters. The average molecular weight is 284 g/mol. The van der Waals surface area contributed by atoms with Crippen molar-refractivity contribution in [2.75, 3.05) is 6.54 Å². The zero-order valence-corrected chi connectivity index (χ0v) is 9.98. The number of halogens is 1. The molecule has 1 aromatic carbocycles. The van der Waals surface area contributed by atoms with Gasteiger partial charge in [0.15, 0.2) is 0 Å². The quantitative estimate of drug-likeness (QED) is 0.921.